The molecular weight excluding hydrogens is 412 g/mol. The zero-order valence-electron chi connectivity index (χ0n) is 17.7. The Hall–Kier alpha value is -2.54. The smallest absolute Gasteiger partial charge is 0.224 e. The van der Waals surface area contributed by atoms with Gasteiger partial charge in [-0.25, -0.2) is 4.98 Å². The van der Waals surface area contributed by atoms with Crippen LogP contribution in [-0.4, -0.2) is 45.9 Å². The van der Waals surface area contributed by atoms with Crippen LogP contribution in [0.25, 0.3) is 17.3 Å². The summed E-state index contributed by atoms with van der Waals surface area (Å²) >= 11 is 6.30. The molecule has 1 fully saturated rings. The summed E-state index contributed by atoms with van der Waals surface area (Å²) in [5.74, 6) is 0.737. The number of aliphatic hydroxyl groups excluding tert-OH is 1. The van der Waals surface area contributed by atoms with Crippen molar-refractivity contribution in [3.63, 3.8) is 0 Å². The fraction of sp³-hybridized carbons (Fsp3) is 0.375. The molecule has 1 saturated heterocycles. The number of aromatic nitrogens is 3. The molecule has 0 bridgehead atoms. The second kappa shape index (κ2) is 9.73. The van der Waals surface area contributed by atoms with Crippen molar-refractivity contribution in [2.24, 2.45) is 0 Å². The van der Waals surface area contributed by atoms with Crippen LogP contribution in [0, 0.1) is 6.92 Å². The predicted octanol–water partition coefficient (Wildman–Crippen LogP) is 4.51. The summed E-state index contributed by atoms with van der Waals surface area (Å²) in [6.45, 7) is 7.77. The molecule has 4 heterocycles. The molecule has 2 aromatic heterocycles. The molecule has 7 heteroatoms. The van der Waals surface area contributed by atoms with Crippen molar-refractivity contribution in [1.82, 2.24) is 15.0 Å². The van der Waals surface area contributed by atoms with Gasteiger partial charge in [0.25, 0.3) is 0 Å². The normalized spacial score (nSPS) is 16.7. The molecule has 31 heavy (non-hydrogen) atoms. The molecule has 6 nitrogen and oxygen atoms in total. The summed E-state index contributed by atoms with van der Waals surface area (Å²) < 4.78 is 5.39. The molecule has 2 aliphatic heterocycles. The molecule has 2 aromatic rings. The van der Waals surface area contributed by atoms with Crippen LogP contribution in [0.5, 0.6) is 0 Å². The highest BCUT2D eigenvalue weighted by molar-refractivity contribution is 6.28. The number of aliphatic hydroxyl groups is 1. The largest absolute Gasteiger partial charge is 0.391 e. The van der Waals surface area contributed by atoms with Crippen molar-refractivity contribution in [3.8, 4) is 11.3 Å². The molecule has 1 unspecified atom stereocenters. The number of hydrogen-bond donors (Lipinski definition) is 1. The summed E-state index contributed by atoms with van der Waals surface area (Å²) in [6.07, 6.45) is 12.4. The van der Waals surface area contributed by atoms with Gasteiger partial charge in [0.2, 0.25) is 5.28 Å². The van der Waals surface area contributed by atoms with Crippen LogP contribution in [0.2, 0.25) is 5.28 Å². The van der Waals surface area contributed by atoms with E-state index in [0.29, 0.717) is 19.4 Å². The van der Waals surface area contributed by atoms with Crippen molar-refractivity contribution in [1.29, 1.82) is 0 Å². The van der Waals surface area contributed by atoms with Gasteiger partial charge >= 0.3 is 0 Å². The zero-order chi connectivity index (χ0) is 21.8. The average Bonchev–Trinajstić information content (AvgIpc) is 2.78. The standard InChI is InChI=1S/C24H27ClN4O2/c1-3-21-16(2)13-18(14-26-21)22-20-5-4-10-29(23(20)28-24(25)27-22)15-19(30)7-6-17-8-11-31-12-9-17/h3-4,6,10,13-14,19,30H,1,5,7-9,11-12,15H2,2H3. The summed E-state index contributed by atoms with van der Waals surface area (Å²) in [5, 5.41) is 10.8. The van der Waals surface area contributed by atoms with Gasteiger partial charge in [0.05, 0.1) is 37.3 Å². The van der Waals surface area contributed by atoms with Crippen LogP contribution in [0.3, 0.4) is 0 Å². The molecule has 4 rings (SSSR count). The fourth-order valence-electron chi connectivity index (χ4n) is 4.00. The highest BCUT2D eigenvalue weighted by atomic mass is 35.5. The van der Waals surface area contributed by atoms with E-state index in [4.69, 9.17) is 16.3 Å². The second-order valence-electron chi connectivity index (χ2n) is 7.88. The summed E-state index contributed by atoms with van der Waals surface area (Å²) in [5.41, 5.74) is 5.88. The Morgan fingerprint density at radius 2 is 2.13 bits per heavy atom. The molecule has 2 aliphatic rings. The van der Waals surface area contributed by atoms with Crippen molar-refractivity contribution in [2.75, 3.05) is 24.7 Å². The Morgan fingerprint density at radius 3 is 2.87 bits per heavy atom. The molecule has 0 radical (unpaired) electrons. The topological polar surface area (TPSA) is 71.4 Å². The average molecular weight is 439 g/mol. The number of fused-ring (bicyclic) bond motifs is 1. The van der Waals surface area contributed by atoms with E-state index in [1.165, 1.54) is 5.57 Å². The third kappa shape index (κ3) is 5.03. The number of β-amino-alcohol motifs (C(OH)–C–C–N with tert-alkyl or cyclic N) is 1. The molecule has 0 saturated carbocycles. The number of anilines is 1. The Balaban J connectivity index is 1.57. The molecule has 0 aromatic carbocycles. The van der Waals surface area contributed by atoms with Gasteiger partial charge in [-0.1, -0.05) is 24.3 Å². The quantitative estimate of drug-likeness (QED) is 0.528. The molecule has 162 valence electrons. The van der Waals surface area contributed by atoms with Crippen molar-refractivity contribution < 1.29 is 9.84 Å². The second-order valence-corrected chi connectivity index (χ2v) is 8.22. The van der Waals surface area contributed by atoms with Crippen molar-refractivity contribution in [3.05, 3.63) is 64.9 Å². The van der Waals surface area contributed by atoms with Gasteiger partial charge in [-0.2, -0.15) is 4.98 Å². The van der Waals surface area contributed by atoms with Crippen LogP contribution in [0.4, 0.5) is 5.82 Å². The van der Waals surface area contributed by atoms with Gasteiger partial charge in [-0.05, 0) is 61.9 Å². The Kier molecular flexibility index (Phi) is 6.80. The van der Waals surface area contributed by atoms with Crippen LogP contribution < -0.4 is 4.90 Å². The Morgan fingerprint density at radius 1 is 1.32 bits per heavy atom. The first-order valence-electron chi connectivity index (χ1n) is 10.6. The number of rotatable bonds is 6. The van der Waals surface area contributed by atoms with Gasteiger partial charge in [-0.15, -0.1) is 0 Å². The maximum Gasteiger partial charge on any atom is 0.224 e. The molecule has 0 aliphatic carbocycles. The van der Waals surface area contributed by atoms with Crippen LogP contribution in [-0.2, 0) is 11.2 Å². The lowest BCUT2D eigenvalue weighted by Gasteiger charge is -2.28. The zero-order valence-corrected chi connectivity index (χ0v) is 18.5. The Labute approximate surface area is 188 Å². The van der Waals surface area contributed by atoms with Gasteiger partial charge in [0.15, 0.2) is 0 Å². The van der Waals surface area contributed by atoms with E-state index in [-0.39, 0.29) is 5.28 Å². The molecule has 0 amide bonds. The molecule has 0 spiro atoms. The van der Waals surface area contributed by atoms with Crippen LogP contribution >= 0.6 is 11.6 Å². The van der Waals surface area contributed by atoms with Crippen molar-refractivity contribution in [2.45, 2.75) is 38.7 Å². The highest BCUT2D eigenvalue weighted by Crippen LogP contribution is 2.34. The lowest BCUT2D eigenvalue weighted by atomic mass is 10.0. The minimum atomic E-state index is -0.515. The van der Waals surface area contributed by atoms with E-state index in [2.05, 4.69) is 33.7 Å². The first-order valence-corrected chi connectivity index (χ1v) is 11.0. The first-order chi connectivity index (χ1) is 15.0. The number of halogens is 1. The molecular formula is C24H27ClN4O2. The molecule has 1 N–H and O–H groups in total. The number of aryl methyl sites for hydroxylation is 1. The van der Waals surface area contributed by atoms with E-state index in [1.54, 1.807) is 12.3 Å². The van der Waals surface area contributed by atoms with Gasteiger partial charge < -0.3 is 14.7 Å². The number of allylic oxidation sites excluding steroid dienone is 1. The Bertz CT molecular complexity index is 1030. The lowest BCUT2D eigenvalue weighted by Crippen LogP contribution is -2.31. The van der Waals surface area contributed by atoms with E-state index in [1.807, 2.05) is 24.1 Å². The lowest BCUT2D eigenvalue weighted by molar-refractivity contribution is 0.118. The summed E-state index contributed by atoms with van der Waals surface area (Å²) in [7, 11) is 0. The van der Waals surface area contributed by atoms with E-state index in [0.717, 1.165) is 60.0 Å². The predicted molar refractivity (Wildman–Crippen MR) is 124 cm³/mol. The summed E-state index contributed by atoms with van der Waals surface area (Å²) in [6, 6.07) is 2.04. The third-order valence-electron chi connectivity index (χ3n) is 5.64. The van der Waals surface area contributed by atoms with E-state index < -0.39 is 6.10 Å². The van der Waals surface area contributed by atoms with Gasteiger partial charge in [0.1, 0.15) is 5.82 Å². The first kappa shape index (κ1) is 21.7. The van der Waals surface area contributed by atoms with Crippen LogP contribution in [0.15, 0.2) is 42.8 Å². The highest BCUT2D eigenvalue weighted by Gasteiger charge is 2.23. The van der Waals surface area contributed by atoms with E-state index >= 15 is 0 Å². The summed E-state index contributed by atoms with van der Waals surface area (Å²) in [4.78, 5) is 15.4. The van der Waals surface area contributed by atoms with Crippen LogP contribution in [0.1, 0.15) is 36.1 Å². The van der Waals surface area contributed by atoms with E-state index in [9.17, 15) is 5.11 Å². The number of pyridine rings is 1. The van der Waals surface area contributed by atoms with Gasteiger partial charge in [0, 0.05) is 23.5 Å². The maximum absolute atomic E-state index is 10.7. The number of hydrogen-bond acceptors (Lipinski definition) is 6. The van der Waals surface area contributed by atoms with Crippen molar-refractivity contribution >= 4 is 23.5 Å². The minimum Gasteiger partial charge on any atom is -0.391 e. The SMILES string of the molecule is C=Cc1ncc(-c2nc(Cl)nc3c2CC=CN3CC(O)CC=C2CCOCC2)cc1C. The monoisotopic (exact) mass is 438 g/mol. The fourth-order valence-corrected chi connectivity index (χ4v) is 4.16. The minimum absolute atomic E-state index is 0.179. The number of nitrogens with zero attached hydrogens (tertiary/aromatic N) is 4. The van der Waals surface area contributed by atoms with Gasteiger partial charge in [-0.3, -0.25) is 4.98 Å². The molecule has 1 atom stereocenters. The number of ether oxygens (including phenoxy) is 1. The maximum atomic E-state index is 10.7. The third-order valence-corrected chi connectivity index (χ3v) is 5.81.